The lowest BCUT2D eigenvalue weighted by Gasteiger charge is -2.31. The molecule has 8 heteroatoms. The fourth-order valence-corrected chi connectivity index (χ4v) is 5.81. The summed E-state index contributed by atoms with van der Waals surface area (Å²) in [4.78, 5) is 5.07. The topological polar surface area (TPSA) is 83.3 Å². The highest BCUT2D eigenvalue weighted by atomic mass is 32.2. The molecule has 1 atom stereocenters. The van der Waals surface area contributed by atoms with Crippen LogP contribution in [0.1, 0.15) is 23.3 Å². The van der Waals surface area contributed by atoms with Crippen LogP contribution in [-0.4, -0.2) is 37.4 Å². The van der Waals surface area contributed by atoms with Gasteiger partial charge in [-0.15, -0.1) is 11.3 Å². The van der Waals surface area contributed by atoms with Gasteiger partial charge >= 0.3 is 0 Å². The predicted molar refractivity (Wildman–Crippen MR) is 95.0 cm³/mol. The summed E-state index contributed by atoms with van der Waals surface area (Å²) < 4.78 is 33.1. The Hall–Kier alpha value is -1.95. The lowest BCUT2D eigenvalue weighted by molar-refractivity contribution is 0.176. The van der Waals surface area contributed by atoms with Crippen LogP contribution in [0.15, 0.2) is 34.7 Å². The summed E-state index contributed by atoms with van der Waals surface area (Å²) >= 11 is 1.30. The summed E-state index contributed by atoms with van der Waals surface area (Å²) in [5.74, 6) is 0.505. The molecule has 0 radical (unpaired) electrons. The van der Waals surface area contributed by atoms with E-state index in [4.69, 9.17) is 10.00 Å². The first-order chi connectivity index (χ1) is 12.0. The molecule has 3 rings (SSSR count). The Morgan fingerprint density at radius 3 is 3.00 bits per heavy atom. The molecule has 1 saturated heterocycles. The second kappa shape index (κ2) is 7.52. The third-order valence-electron chi connectivity index (χ3n) is 4.12. The van der Waals surface area contributed by atoms with E-state index in [9.17, 15) is 8.42 Å². The summed E-state index contributed by atoms with van der Waals surface area (Å²) in [5, 5.41) is 8.91. The van der Waals surface area contributed by atoms with Crippen molar-refractivity contribution in [2.75, 3.05) is 19.7 Å². The van der Waals surface area contributed by atoms with E-state index in [1.807, 2.05) is 19.1 Å². The fraction of sp³-hybridized carbons (Fsp3) is 0.412. The summed E-state index contributed by atoms with van der Waals surface area (Å²) in [7, 11) is -3.43. The molecule has 1 aliphatic heterocycles. The number of pyridine rings is 1. The van der Waals surface area contributed by atoms with Gasteiger partial charge in [-0.2, -0.15) is 9.57 Å². The van der Waals surface area contributed by atoms with Gasteiger partial charge in [-0.3, -0.25) is 0 Å². The van der Waals surface area contributed by atoms with Crippen molar-refractivity contribution in [1.82, 2.24) is 9.29 Å². The van der Waals surface area contributed by atoms with Gasteiger partial charge in [-0.25, -0.2) is 13.4 Å². The Balaban J connectivity index is 1.64. The van der Waals surface area contributed by atoms with E-state index in [1.165, 1.54) is 17.5 Å². The number of hydrogen-bond acceptors (Lipinski definition) is 6. The minimum absolute atomic E-state index is 0.108. The van der Waals surface area contributed by atoms with Gasteiger partial charge in [0.05, 0.1) is 18.2 Å². The maximum Gasteiger partial charge on any atom is 0.252 e. The van der Waals surface area contributed by atoms with Crippen molar-refractivity contribution in [3.8, 4) is 11.9 Å². The minimum atomic E-state index is -3.43. The Bertz CT molecular complexity index is 887. The molecule has 132 valence electrons. The molecule has 1 aliphatic rings. The molecule has 0 amide bonds. The summed E-state index contributed by atoms with van der Waals surface area (Å²) in [6.45, 7) is 3.27. The van der Waals surface area contributed by atoms with Crippen molar-refractivity contribution in [3.05, 3.63) is 40.9 Å². The third kappa shape index (κ3) is 4.18. The van der Waals surface area contributed by atoms with Crippen molar-refractivity contribution in [2.24, 2.45) is 5.92 Å². The third-order valence-corrected chi connectivity index (χ3v) is 7.46. The number of aryl methyl sites for hydroxylation is 1. The van der Waals surface area contributed by atoms with E-state index in [0.717, 1.165) is 17.7 Å². The Morgan fingerprint density at radius 1 is 1.44 bits per heavy atom. The highest BCUT2D eigenvalue weighted by Crippen LogP contribution is 2.28. The van der Waals surface area contributed by atoms with Gasteiger partial charge in [0, 0.05) is 36.1 Å². The quantitative estimate of drug-likeness (QED) is 0.800. The molecule has 2 aromatic heterocycles. The minimum Gasteiger partial charge on any atom is -0.477 e. The molecule has 0 aliphatic carbocycles. The van der Waals surface area contributed by atoms with Crippen LogP contribution in [0, 0.1) is 24.2 Å². The average molecular weight is 377 g/mol. The molecule has 1 unspecified atom stereocenters. The highest BCUT2D eigenvalue weighted by molar-refractivity contribution is 7.91. The Labute approximate surface area is 151 Å². The standard InChI is InChI=1S/C17H19N3O3S2/c1-13-4-5-17(24-13)25(21,22)20-8-2-3-15(11-20)12-23-16-9-14(10-18)6-7-19-16/h4-7,9,15H,2-3,8,11-12H2,1H3. The number of nitrogens with zero attached hydrogens (tertiary/aromatic N) is 3. The van der Waals surface area contributed by atoms with Crippen molar-refractivity contribution < 1.29 is 13.2 Å². The van der Waals surface area contributed by atoms with E-state index in [2.05, 4.69) is 4.98 Å². The lowest BCUT2D eigenvalue weighted by atomic mass is 10.0. The van der Waals surface area contributed by atoms with Gasteiger partial charge in [0.15, 0.2) is 0 Å². The lowest BCUT2D eigenvalue weighted by Crippen LogP contribution is -2.41. The highest BCUT2D eigenvalue weighted by Gasteiger charge is 2.31. The van der Waals surface area contributed by atoms with Gasteiger partial charge < -0.3 is 4.74 Å². The zero-order valence-electron chi connectivity index (χ0n) is 13.9. The maximum atomic E-state index is 12.8. The molecular weight excluding hydrogens is 358 g/mol. The van der Waals surface area contributed by atoms with Gasteiger partial charge in [0.2, 0.25) is 5.88 Å². The molecule has 0 aromatic carbocycles. The molecular formula is C17H19N3O3S2. The van der Waals surface area contributed by atoms with E-state index in [1.54, 1.807) is 22.5 Å². The maximum absolute atomic E-state index is 12.8. The van der Waals surface area contributed by atoms with Gasteiger partial charge in [0.1, 0.15) is 4.21 Å². The average Bonchev–Trinajstić information content (AvgIpc) is 3.08. The smallest absolute Gasteiger partial charge is 0.252 e. The fourth-order valence-electron chi connectivity index (χ4n) is 2.82. The first-order valence-electron chi connectivity index (χ1n) is 8.04. The normalized spacial score (nSPS) is 18.6. The molecule has 0 N–H and O–H groups in total. The van der Waals surface area contributed by atoms with Crippen molar-refractivity contribution in [2.45, 2.75) is 24.0 Å². The second-order valence-corrected chi connectivity index (χ2v) is 9.49. The van der Waals surface area contributed by atoms with Crippen molar-refractivity contribution in [3.63, 3.8) is 0 Å². The van der Waals surface area contributed by atoms with Crippen LogP contribution < -0.4 is 4.74 Å². The molecule has 25 heavy (non-hydrogen) atoms. The molecule has 0 bridgehead atoms. The van der Waals surface area contributed by atoms with Crippen LogP contribution in [0.2, 0.25) is 0 Å². The van der Waals surface area contributed by atoms with Gasteiger partial charge in [-0.05, 0) is 38.0 Å². The number of sulfonamides is 1. The molecule has 6 nitrogen and oxygen atoms in total. The number of thiophene rings is 1. The summed E-state index contributed by atoms with van der Waals surface area (Å²) in [6.07, 6.45) is 3.25. The number of aromatic nitrogens is 1. The number of piperidine rings is 1. The van der Waals surface area contributed by atoms with Crippen LogP contribution in [0.5, 0.6) is 5.88 Å². The number of hydrogen-bond donors (Lipinski definition) is 0. The van der Waals surface area contributed by atoms with Crippen LogP contribution >= 0.6 is 11.3 Å². The second-order valence-electron chi connectivity index (χ2n) is 6.04. The number of rotatable bonds is 5. The number of ether oxygens (including phenoxy) is 1. The molecule has 1 fully saturated rings. The van der Waals surface area contributed by atoms with Crippen LogP contribution in [-0.2, 0) is 10.0 Å². The van der Waals surface area contributed by atoms with E-state index in [-0.39, 0.29) is 5.92 Å². The molecule has 0 spiro atoms. The number of nitriles is 1. The van der Waals surface area contributed by atoms with Gasteiger partial charge in [0.25, 0.3) is 10.0 Å². The first kappa shape index (κ1) is 17.9. The summed E-state index contributed by atoms with van der Waals surface area (Å²) in [5.41, 5.74) is 0.492. The van der Waals surface area contributed by atoms with Crippen LogP contribution in [0.4, 0.5) is 0 Å². The van der Waals surface area contributed by atoms with Crippen molar-refractivity contribution in [1.29, 1.82) is 5.26 Å². The van der Waals surface area contributed by atoms with E-state index in [0.29, 0.717) is 35.3 Å². The SMILES string of the molecule is Cc1ccc(S(=O)(=O)N2CCCC(COc3cc(C#N)ccn3)C2)s1. The van der Waals surface area contributed by atoms with E-state index < -0.39 is 10.0 Å². The van der Waals surface area contributed by atoms with Crippen LogP contribution in [0.3, 0.4) is 0 Å². The summed E-state index contributed by atoms with van der Waals surface area (Å²) in [6, 6.07) is 8.75. The Kier molecular flexibility index (Phi) is 5.37. The predicted octanol–water partition coefficient (Wildman–Crippen LogP) is 2.80. The first-order valence-corrected chi connectivity index (χ1v) is 10.3. The zero-order chi connectivity index (χ0) is 17.9. The monoisotopic (exact) mass is 377 g/mol. The molecule has 2 aromatic rings. The van der Waals surface area contributed by atoms with Crippen LogP contribution in [0.25, 0.3) is 0 Å². The largest absolute Gasteiger partial charge is 0.477 e. The van der Waals surface area contributed by atoms with E-state index >= 15 is 0 Å². The Morgan fingerprint density at radius 2 is 2.28 bits per heavy atom. The molecule has 3 heterocycles. The zero-order valence-corrected chi connectivity index (χ0v) is 15.5. The van der Waals surface area contributed by atoms with Gasteiger partial charge in [-0.1, -0.05) is 0 Å². The molecule has 0 saturated carbocycles. The van der Waals surface area contributed by atoms with Crippen molar-refractivity contribution >= 4 is 21.4 Å².